The maximum atomic E-state index is 11.4. The van der Waals surface area contributed by atoms with Crippen LogP contribution < -0.4 is 16.1 Å². The van der Waals surface area contributed by atoms with Gasteiger partial charge < -0.3 is 34.2 Å². The number of primary amides is 1. The van der Waals surface area contributed by atoms with Crippen LogP contribution in [0.3, 0.4) is 0 Å². The number of amides is 1. The number of methoxy groups -OCH3 is 1. The molecule has 0 aliphatic carbocycles. The lowest BCUT2D eigenvalue weighted by Gasteiger charge is -2.47. The van der Waals surface area contributed by atoms with Crippen LogP contribution in [-0.4, -0.2) is 48.5 Å². The molecule has 3 N–H and O–H groups in total. The predicted octanol–water partition coefficient (Wildman–Crippen LogP) is 1.15. The SMILES string of the molecule is CO[C@@H]1[C@@H](O)[C@@H](OC(N)=O)[C@H](Oc2ccc3ccc(=O)oc3c2)OC1(C)C. The molecule has 0 spiro atoms. The summed E-state index contributed by atoms with van der Waals surface area (Å²) in [5, 5.41) is 11.3. The van der Waals surface area contributed by atoms with Gasteiger partial charge in [0.05, 0.1) is 5.60 Å². The summed E-state index contributed by atoms with van der Waals surface area (Å²) in [6.45, 7) is 3.42. The van der Waals surface area contributed by atoms with E-state index in [-0.39, 0.29) is 0 Å². The Kier molecular flexibility index (Phi) is 5.09. The zero-order chi connectivity index (χ0) is 19.8. The van der Waals surface area contributed by atoms with Crippen molar-refractivity contribution in [3.8, 4) is 5.75 Å². The molecule has 0 radical (unpaired) electrons. The van der Waals surface area contributed by atoms with E-state index in [1.54, 1.807) is 32.0 Å². The van der Waals surface area contributed by atoms with Gasteiger partial charge in [0.25, 0.3) is 0 Å². The number of nitrogens with two attached hydrogens (primary N) is 1. The average molecular weight is 379 g/mol. The van der Waals surface area contributed by atoms with Crippen LogP contribution in [0.15, 0.2) is 39.5 Å². The van der Waals surface area contributed by atoms with Crippen LogP contribution in [0.25, 0.3) is 11.0 Å². The molecule has 9 nitrogen and oxygen atoms in total. The fourth-order valence-corrected chi connectivity index (χ4v) is 3.20. The summed E-state index contributed by atoms with van der Waals surface area (Å²) in [4.78, 5) is 22.7. The fraction of sp³-hybridized carbons (Fsp3) is 0.444. The standard InChI is InChI=1S/C18H21NO8/c1-18(2)15(23-3)13(21)14(26-17(19)22)16(27-18)24-10-6-4-9-5-7-12(20)25-11(9)8-10/h4-8,13-16,21H,1-3H3,(H2,19,22)/t13-,14+,15+,16+/m0/s1. The smallest absolute Gasteiger partial charge is 0.405 e. The second-order valence-corrected chi connectivity index (χ2v) is 6.71. The number of carbonyl (C=O) groups excluding carboxylic acids is 1. The third kappa shape index (κ3) is 3.90. The van der Waals surface area contributed by atoms with Gasteiger partial charge in [-0.2, -0.15) is 0 Å². The Hall–Kier alpha value is -2.62. The van der Waals surface area contributed by atoms with Crippen molar-refractivity contribution in [2.75, 3.05) is 7.11 Å². The van der Waals surface area contributed by atoms with Crippen molar-refractivity contribution in [3.05, 3.63) is 40.8 Å². The Morgan fingerprint density at radius 2 is 1.96 bits per heavy atom. The van der Waals surface area contributed by atoms with E-state index >= 15 is 0 Å². The second-order valence-electron chi connectivity index (χ2n) is 6.71. The van der Waals surface area contributed by atoms with Gasteiger partial charge in [-0.1, -0.05) is 0 Å². The number of ether oxygens (including phenoxy) is 4. The molecule has 0 bridgehead atoms. The molecule has 2 aromatic rings. The lowest BCUT2D eigenvalue weighted by molar-refractivity contribution is -0.304. The molecule has 146 valence electrons. The van der Waals surface area contributed by atoms with Crippen LogP contribution in [0.1, 0.15) is 13.8 Å². The molecular formula is C18H21NO8. The highest BCUT2D eigenvalue weighted by atomic mass is 16.7. The monoisotopic (exact) mass is 379 g/mol. The highest BCUT2D eigenvalue weighted by Crippen LogP contribution is 2.34. The first-order valence-electron chi connectivity index (χ1n) is 8.26. The van der Waals surface area contributed by atoms with Crippen molar-refractivity contribution >= 4 is 17.1 Å². The summed E-state index contributed by atoms with van der Waals surface area (Å²) in [6.07, 6.45) is -5.50. The van der Waals surface area contributed by atoms with Gasteiger partial charge >= 0.3 is 11.7 Å². The van der Waals surface area contributed by atoms with Gasteiger partial charge in [0.2, 0.25) is 6.29 Å². The number of carbonyl (C=O) groups is 1. The van der Waals surface area contributed by atoms with E-state index in [4.69, 9.17) is 29.1 Å². The van der Waals surface area contributed by atoms with Crippen LogP contribution in [0.5, 0.6) is 5.75 Å². The molecule has 1 aliphatic heterocycles. The Morgan fingerprint density at radius 3 is 2.63 bits per heavy atom. The molecule has 2 heterocycles. The molecule has 3 rings (SSSR count). The van der Waals surface area contributed by atoms with Crippen molar-refractivity contribution in [2.24, 2.45) is 5.73 Å². The van der Waals surface area contributed by atoms with E-state index < -0.39 is 41.9 Å². The maximum Gasteiger partial charge on any atom is 0.405 e. The number of hydrogen-bond donors (Lipinski definition) is 2. The van der Waals surface area contributed by atoms with Gasteiger partial charge in [0, 0.05) is 24.6 Å². The van der Waals surface area contributed by atoms with Crippen molar-refractivity contribution in [1.29, 1.82) is 0 Å². The molecule has 27 heavy (non-hydrogen) atoms. The number of aliphatic hydroxyl groups is 1. The zero-order valence-electron chi connectivity index (χ0n) is 15.1. The lowest BCUT2D eigenvalue weighted by atomic mass is 9.89. The van der Waals surface area contributed by atoms with Crippen molar-refractivity contribution in [2.45, 2.75) is 44.1 Å². The number of benzene rings is 1. The first-order chi connectivity index (χ1) is 12.7. The minimum atomic E-state index is -1.24. The Morgan fingerprint density at radius 1 is 1.26 bits per heavy atom. The number of aliphatic hydroxyl groups excluding tert-OH is 1. The molecule has 1 saturated heterocycles. The van der Waals surface area contributed by atoms with Crippen LogP contribution in [0, 0.1) is 0 Å². The van der Waals surface area contributed by atoms with Gasteiger partial charge in [-0.3, -0.25) is 0 Å². The molecule has 1 fully saturated rings. The Balaban J connectivity index is 1.92. The van der Waals surface area contributed by atoms with Crippen LogP contribution in [0.4, 0.5) is 4.79 Å². The van der Waals surface area contributed by atoms with Crippen molar-refractivity contribution < 1.29 is 33.3 Å². The van der Waals surface area contributed by atoms with Gasteiger partial charge in [0.1, 0.15) is 23.5 Å². The quantitative estimate of drug-likeness (QED) is 0.757. The van der Waals surface area contributed by atoms with E-state index in [0.717, 1.165) is 0 Å². The normalized spacial score (nSPS) is 27.3. The van der Waals surface area contributed by atoms with Gasteiger partial charge in [0.15, 0.2) is 6.10 Å². The molecule has 9 heteroatoms. The molecule has 1 amide bonds. The summed E-state index contributed by atoms with van der Waals surface area (Å²) in [7, 11) is 1.41. The van der Waals surface area contributed by atoms with E-state index in [1.807, 2.05) is 0 Å². The second kappa shape index (κ2) is 7.18. The lowest BCUT2D eigenvalue weighted by Crippen LogP contribution is -2.65. The van der Waals surface area contributed by atoms with Crippen LogP contribution in [0.2, 0.25) is 0 Å². The Labute approximate surface area is 154 Å². The first kappa shape index (κ1) is 19.2. The fourth-order valence-electron chi connectivity index (χ4n) is 3.20. The van der Waals surface area contributed by atoms with E-state index in [0.29, 0.717) is 16.7 Å². The minimum Gasteiger partial charge on any atom is -0.461 e. The summed E-state index contributed by atoms with van der Waals surface area (Å²) < 4.78 is 27.1. The predicted molar refractivity (Wildman–Crippen MR) is 93.3 cm³/mol. The summed E-state index contributed by atoms with van der Waals surface area (Å²) in [5.41, 5.74) is 3.99. The number of rotatable bonds is 4. The van der Waals surface area contributed by atoms with Crippen LogP contribution in [-0.2, 0) is 14.2 Å². The summed E-state index contributed by atoms with van der Waals surface area (Å²) >= 11 is 0. The number of hydrogen-bond acceptors (Lipinski definition) is 8. The van der Waals surface area contributed by atoms with Crippen molar-refractivity contribution in [1.82, 2.24) is 0 Å². The van der Waals surface area contributed by atoms with Gasteiger partial charge in [-0.15, -0.1) is 0 Å². The third-order valence-corrected chi connectivity index (χ3v) is 4.37. The maximum absolute atomic E-state index is 11.4. The molecule has 1 aromatic carbocycles. The Bertz CT molecular complexity index is 892. The molecule has 0 saturated carbocycles. The summed E-state index contributed by atoms with van der Waals surface area (Å²) in [6, 6.07) is 7.77. The summed E-state index contributed by atoms with van der Waals surface area (Å²) in [5.74, 6) is 0.291. The highest BCUT2D eigenvalue weighted by Gasteiger charge is 2.52. The molecule has 4 atom stereocenters. The number of fused-ring (bicyclic) bond motifs is 1. The minimum absolute atomic E-state index is 0.291. The van der Waals surface area contributed by atoms with Gasteiger partial charge in [-0.25, -0.2) is 9.59 Å². The van der Waals surface area contributed by atoms with Crippen molar-refractivity contribution in [3.63, 3.8) is 0 Å². The van der Waals surface area contributed by atoms with E-state index in [9.17, 15) is 14.7 Å². The largest absolute Gasteiger partial charge is 0.461 e. The molecule has 1 aromatic heterocycles. The van der Waals surface area contributed by atoms with Crippen LogP contribution >= 0.6 is 0 Å². The van der Waals surface area contributed by atoms with E-state index in [2.05, 4.69) is 0 Å². The molecular weight excluding hydrogens is 358 g/mol. The molecule has 1 aliphatic rings. The zero-order valence-corrected chi connectivity index (χ0v) is 15.1. The molecule has 0 unspecified atom stereocenters. The first-order valence-corrected chi connectivity index (χ1v) is 8.26. The third-order valence-electron chi connectivity index (χ3n) is 4.37. The average Bonchev–Trinajstić information content (AvgIpc) is 2.57. The van der Waals surface area contributed by atoms with Gasteiger partial charge in [-0.05, 0) is 32.0 Å². The topological polar surface area (TPSA) is 130 Å². The van der Waals surface area contributed by atoms with E-state index in [1.165, 1.54) is 19.2 Å². The highest BCUT2D eigenvalue weighted by molar-refractivity contribution is 5.77.